The van der Waals surface area contributed by atoms with E-state index in [1.54, 1.807) is 0 Å². The average Bonchev–Trinajstić information content (AvgIpc) is 3.79. The van der Waals surface area contributed by atoms with Crippen LogP contribution in [0.1, 0.15) is 22.3 Å². The van der Waals surface area contributed by atoms with Crippen molar-refractivity contribution in [2.45, 2.75) is 18.3 Å². The zero-order valence-electron chi connectivity index (χ0n) is 31.4. The van der Waals surface area contributed by atoms with E-state index in [1.165, 1.54) is 121 Å². The van der Waals surface area contributed by atoms with Gasteiger partial charge in [0, 0.05) is 5.41 Å². The highest BCUT2D eigenvalue weighted by atomic mass is 14.5. The fourth-order valence-corrected chi connectivity index (χ4v) is 11.2. The van der Waals surface area contributed by atoms with Crippen molar-refractivity contribution in [1.82, 2.24) is 0 Å². The molecule has 0 fully saturated rings. The summed E-state index contributed by atoms with van der Waals surface area (Å²) in [6.07, 6.45) is 2.01. The molecule has 0 N–H and O–H groups in total. The van der Waals surface area contributed by atoms with Crippen LogP contribution in [0.25, 0.3) is 98.4 Å². The van der Waals surface area contributed by atoms with Crippen molar-refractivity contribution < 1.29 is 0 Å². The second-order valence-electron chi connectivity index (χ2n) is 16.4. The van der Waals surface area contributed by atoms with E-state index in [2.05, 4.69) is 194 Å². The Hall–Kier alpha value is -7.02. The molecule has 2 aliphatic rings. The summed E-state index contributed by atoms with van der Waals surface area (Å²) in [5.41, 5.74) is 16.2. The standard InChI is InChI=1S/C57H36/c1-2-11-35(12-3-1)54-46-17-6-8-19-48(46)55(49-20-9-7-18-47(49)54)40-26-29-45-44-28-25-39(31-51(44)57(52(45)32-40)33-41-13-4-5-14-42(41)34-57)43-27-23-38-22-21-36-15-10-16-37-24-30-50(43)56(38)53(36)37/h1-32H,33-34H2. The Morgan fingerprint density at radius 3 is 1.40 bits per heavy atom. The topological polar surface area (TPSA) is 0 Å². The normalized spacial score (nSPS) is 14.0. The molecule has 2 aliphatic carbocycles. The molecule has 0 heteroatoms. The van der Waals surface area contributed by atoms with Crippen LogP contribution in [0.4, 0.5) is 0 Å². The van der Waals surface area contributed by atoms with Crippen LogP contribution in [0.15, 0.2) is 194 Å². The molecule has 0 aromatic heterocycles. The fraction of sp³-hybridized carbons (Fsp3) is 0.0526. The number of rotatable bonds is 3. The first-order valence-corrected chi connectivity index (χ1v) is 20.3. The van der Waals surface area contributed by atoms with Gasteiger partial charge in [0.15, 0.2) is 0 Å². The lowest BCUT2D eigenvalue weighted by molar-refractivity contribution is 0.564. The molecule has 0 atom stereocenters. The number of fused-ring (bicyclic) bond motifs is 8. The van der Waals surface area contributed by atoms with Gasteiger partial charge in [-0.05, 0) is 146 Å². The summed E-state index contributed by atoms with van der Waals surface area (Å²) in [7, 11) is 0. The number of benzene rings is 11. The van der Waals surface area contributed by atoms with Crippen molar-refractivity contribution in [2.75, 3.05) is 0 Å². The monoisotopic (exact) mass is 720 g/mol. The van der Waals surface area contributed by atoms with Gasteiger partial charge < -0.3 is 0 Å². The smallest absolute Gasteiger partial charge is 0.0296 e. The first-order chi connectivity index (χ1) is 28.2. The molecule has 11 aromatic rings. The highest BCUT2D eigenvalue weighted by molar-refractivity contribution is 6.26. The minimum atomic E-state index is -0.153. The SMILES string of the molecule is c1ccc(-c2c3ccccc3c(-c3ccc4c(c3)C3(Cc5ccccc5C3)c3cc(-c5ccc6ccc7cccc8ccc5c6c78)ccc3-4)c3ccccc23)cc1. The largest absolute Gasteiger partial charge is 0.0622 e. The third-order valence-electron chi connectivity index (χ3n) is 13.6. The Bertz CT molecular complexity index is 3360. The molecule has 1 spiro atoms. The molecule has 0 saturated heterocycles. The molecule has 0 radical (unpaired) electrons. The Labute approximate surface area is 331 Å². The second-order valence-corrected chi connectivity index (χ2v) is 16.4. The van der Waals surface area contributed by atoms with Gasteiger partial charge in [-0.1, -0.05) is 182 Å². The van der Waals surface area contributed by atoms with Gasteiger partial charge >= 0.3 is 0 Å². The third-order valence-corrected chi connectivity index (χ3v) is 13.6. The van der Waals surface area contributed by atoms with Crippen LogP contribution in [0.5, 0.6) is 0 Å². The van der Waals surface area contributed by atoms with Crippen LogP contribution in [-0.4, -0.2) is 0 Å². The molecular weight excluding hydrogens is 685 g/mol. The predicted octanol–water partition coefficient (Wildman–Crippen LogP) is 15.0. The molecule has 0 nitrogen and oxygen atoms in total. The van der Waals surface area contributed by atoms with Crippen molar-refractivity contribution in [3.8, 4) is 44.5 Å². The fourth-order valence-electron chi connectivity index (χ4n) is 11.2. The summed E-state index contributed by atoms with van der Waals surface area (Å²) in [6.45, 7) is 0. The van der Waals surface area contributed by atoms with Crippen molar-refractivity contribution >= 4 is 53.9 Å². The van der Waals surface area contributed by atoms with E-state index in [-0.39, 0.29) is 5.41 Å². The summed E-state index contributed by atoms with van der Waals surface area (Å²) in [5.74, 6) is 0. The van der Waals surface area contributed by atoms with Crippen LogP contribution in [0, 0.1) is 0 Å². The van der Waals surface area contributed by atoms with E-state index in [0.717, 1.165) is 12.8 Å². The molecular formula is C57H36. The summed E-state index contributed by atoms with van der Waals surface area (Å²) in [4.78, 5) is 0. The summed E-state index contributed by atoms with van der Waals surface area (Å²) in [6, 6.07) is 73.5. The predicted molar refractivity (Wildman–Crippen MR) is 242 cm³/mol. The van der Waals surface area contributed by atoms with Crippen molar-refractivity contribution in [3.05, 3.63) is 216 Å². The highest BCUT2D eigenvalue weighted by Gasteiger charge is 2.47. The van der Waals surface area contributed by atoms with Gasteiger partial charge in [-0.3, -0.25) is 0 Å². The quantitative estimate of drug-likeness (QED) is 0.126. The van der Waals surface area contributed by atoms with Crippen LogP contribution in [-0.2, 0) is 18.3 Å². The van der Waals surface area contributed by atoms with Crippen LogP contribution in [0.2, 0.25) is 0 Å². The minimum absolute atomic E-state index is 0.153. The lowest BCUT2D eigenvalue weighted by Gasteiger charge is -2.28. The number of hydrogen-bond acceptors (Lipinski definition) is 0. The molecule has 11 aromatic carbocycles. The maximum atomic E-state index is 2.58. The zero-order chi connectivity index (χ0) is 37.2. The van der Waals surface area contributed by atoms with Crippen molar-refractivity contribution in [1.29, 1.82) is 0 Å². The lowest BCUT2D eigenvalue weighted by atomic mass is 9.74. The Morgan fingerprint density at radius 2 is 0.772 bits per heavy atom. The van der Waals surface area contributed by atoms with Gasteiger partial charge in [-0.15, -0.1) is 0 Å². The zero-order valence-corrected chi connectivity index (χ0v) is 31.4. The maximum absolute atomic E-state index is 2.58. The molecule has 264 valence electrons. The lowest BCUT2D eigenvalue weighted by Crippen LogP contribution is -2.26. The van der Waals surface area contributed by atoms with Gasteiger partial charge in [-0.25, -0.2) is 0 Å². The van der Waals surface area contributed by atoms with E-state index in [1.807, 2.05) is 0 Å². The van der Waals surface area contributed by atoms with E-state index < -0.39 is 0 Å². The maximum Gasteiger partial charge on any atom is 0.0296 e. The number of hydrogen-bond donors (Lipinski definition) is 0. The highest BCUT2D eigenvalue weighted by Crippen LogP contribution is 2.57. The first-order valence-electron chi connectivity index (χ1n) is 20.3. The Morgan fingerprint density at radius 1 is 0.298 bits per heavy atom. The molecule has 57 heavy (non-hydrogen) atoms. The van der Waals surface area contributed by atoms with Crippen molar-refractivity contribution in [2.24, 2.45) is 0 Å². The molecule has 0 unspecified atom stereocenters. The third kappa shape index (κ3) is 4.28. The van der Waals surface area contributed by atoms with Crippen molar-refractivity contribution in [3.63, 3.8) is 0 Å². The Kier molecular flexibility index (Phi) is 6.30. The van der Waals surface area contributed by atoms with Gasteiger partial charge in [0.2, 0.25) is 0 Å². The molecule has 0 amide bonds. The average molecular weight is 721 g/mol. The summed E-state index contributed by atoms with van der Waals surface area (Å²) < 4.78 is 0. The van der Waals surface area contributed by atoms with Crippen LogP contribution >= 0.6 is 0 Å². The first kappa shape index (κ1) is 31.2. The van der Waals surface area contributed by atoms with E-state index in [0.29, 0.717) is 0 Å². The summed E-state index contributed by atoms with van der Waals surface area (Å²) in [5, 5.41) is 13.2. The van der Waals surface area contributed by atoms with Crippen LogP contribution < -0.4 is 0 Å². The van der Waals surface area contributed by atoms with Gasteiger partial charge in [0.25, 0.3) is 0 Å². The Balaban J connectivity index is 1.04. The van der Waals surface area contributed by atoms with Gasteiger partial charge in [0.05, 0.1) is 0 Å². The van der Waals surface area contributed by atoms with E-state index in [4.69, 9.17) is 0 Å². The van der Waals surface area contributed by atoms with E-state index >= 15 is 0 Å². The molecule has 0 heterocycles. The van der Waals surface area contributed by atoms with Crippen LogP contribution in [0.3, 0.4) is 0 Å². The molecule has 13 rings (SSSR count). The second kappa shape index (κ2) is 11.5. The van der Waals surface area contributed by atoms with Gasteiger partial charge in [0.1, 0.15) is 0 Å². The van der Waals surface area contributed by atoms with Gasteiger partial charge in [-0.2, -0.15) is 0 Å². The molecule has 0 aliphatic heterocycles. The van der Waals surface area contributed by atoms with E-state index in [9.17, 15) is 0 Å². The molecule has 0 saturated carbocycles. The minimum Gasteiger partial charge on any atom is -0.0622 e. The summed E-state index contributed by atoms with van der Waals surface area (Å²) >= 11 is 0. The molecule has 0 bridgehead atoms.